The molecule has 2 unspecified atom stereocenters. The standard InChI is InChI=1S/C16H24N2O/c1-12-6-5-9-16(10-12,18(3)4)15(19)14-8-7-13(2)17-11-14/h7-8,11-12H,5-6,9-10H2,1-4H3. The maximum absolute atomic E-state index is 12.9. The Balaban J connectivity index is 2.33. The Kier molecular flexibility index (Phi) is 4.04. The topological polar surface area (TPSA) is 33.2 Å². The highest BCUT2D eigenvalue weighted by Crippen LogP contribution is 2.38. The molecule has 0 aromatic carbocycles. The Hall–Kier alpha value is -1.22. The van der Waals surface area contributed by atoms with Gasteiger partial charge in [-0.1, -0.05) is 19.8 Å². The van der Waals surface area contributed by atoms with Gasteiger partial charge in [0.1, 0.15) is 0 Å². The zero-order valence-corrected chi connectivity index (χ0v) is 12.4. The van der Waals surface area contributed by atoms with E-state index in [0.29, 0.717) is 5.92 Å². The summed E-state index contributed by atoms with van der Waals surface area (Å²) < 4.78 is 0. The molecule has 0 bridgehead atoms. The van der Waals surface area contributed by atoms with Crippen LogP contribution in [0.2, 0.25) is 0 Å². The third kappa shape index (κ3) is 2.71. The van der Waals surface area contributed by atoms with E-state index in [1.54, 1.807) is 6.20 Å². The van der Waals surface area contributed by atoms with Crippen LogP contribution in [-0.2, 0) is 0 Å². The molecule has 0 amide bonds. The summed E-state index contributed by atoms with van der Waals surface area (Å²) in [7, 11) is 4.05. The van der Waals surface area contributed by atoms with E-state index in [0.717, 1.165) is 30.5 Å². The van der Waals surface area contributed by atoms with Gasteiger partial charge in [-0.3, -0.25) is 14.7 Å². The molecule has 0 spiro atoms. The van der Waals surface area contributed by atoms with Gasteiger partial charge in [0, 0.05) is 17.5 Å². The molecule has 1 fully saturated rings. The molecule has 0 aliphatic heterocycles. The molecule has 1 aliphatic rings. The number of Topliss-reactive ketones (excluding diaryl/α,β-unsaturated/α-hetero) is 1. The second kappa shape index (κ2) is 5.41. The van der Waals surface area contributed by atoms with Gasteiger partial charge >= 0.3 is 0 Å². The first kappa shape index (κ1) is 14.2. The maximum atomic E-state index is 12.9. The van der Waals surface area contributed by atoms with Gasteiger partial charge < -0.3 is 0 Å². The van der Waals surface area contributed by atoms with Crippen molar-refractivity contribution in [1.29, 1.82) is 0 Å². The minimum absolute atomic E-state index is 0.233. The number of aromatic nitrogens is 1. The smallest absolute Gasteiger partial charge is 0.184 e. The number of likely N-dealkylation sites (N-methyl/N-ethyl adjacent to an activating group) is 1. The highest BCUT2D eigenvalue weighted by atomic mass is 16.1. The zero-order valence-electron chi connectivity index (χ0n) is 12.4. The van der Waals surface area contributed by atoms with E-state index in [2.05, 4.69) is 16.8 Å². The van der Waals surface area contributed by atoms with Gasteiger partial charge in [0.05, 0.1) is 5.54 Å². The molecule has 3 nitrogen and oxygen atoms in total. The lowest BCUT2D eigenvalue weighted by Crippen LogP contribution is -2.53. The Bertz CT molecular complexity index is 452. The number of pyridine rings is 1. The number of hydrogen-bond acceptors (Lipinski definition) is 3. The van der Waals surface area contributed by atoms with Crippen LogP contribution in [-0.4, -0.2) is 35.3 Å². The number of carbonyl (C=O) groups is 1. The molecule has 19 heavy (non-hydrogen) atoms. The highest BCUT2D eigenvalue weighted by molar-refractivity contribution is 6.03. The first-order valence-electron chi connectivity index (χ1n) is 7.10. The molecule has 1 aromatic rings. The summed E-state index contributed by atoms with van der Waals surface area (Å²) in [6, 6.07) is 3.83. The van der Waals surface area contributed by atoms with Crippen molar-refractivity contribution in [3.63, 3.8) is 0 Å². The largest absolute Gasteiger partial charge is 0.297 e. The van der Waals surface area contributed by atoms with Crippen LogP contribution in [0.25, 0.3) is 0 Å². The van der Waals surface area contributed by atoms with E-state index in [4.69, 9.17) is 0 Å². The lowest BCUT2D eigenvalue weighted by atomic mass is 9.72. The fraction of sp³-hybridized carbons (Fsp3) is 0.625. The van der Waals surface area contributed by atoms with Crippen molar-refractivity contribution in [2.45, 2.75) is 45.1 Å². The SMILES string of the molecule is Cc1ccc(C(=O)C2(N(C)C)CCCC(C)C2)cn1. The predicted molar refractivity (Wildman–Crippen MR) is 77.4 cm³/mol. The first-order valence-corrected chi connectivity index (χ1v) is 7.10. The quantitative estimate of drug-likeness (QED) is 0.783. The average Bonchev–Trinajstić information content (AvgIpc) is 2.38. The second-order valence-corrected chi connectivity index (χ2v) is 6.14. The van der Waals surface area contributed by atoms with Crippen molar-refractivity contribution in [3.05, 3.63) is 29.6 Å². The summed E-state index contributed by atoms with van der Waals surface area (Å²) in [5.41, 5.74) is 1.36. The molecule has 1 saturated carbocycles. The van der Waals surface area contributed by atoms with Gasteiger partial charge in [-0.15, -0.1) is 0 Å². The van der Waals surface area contributed by atoms with Gasteiger partial charge in [-0.2, -0.15) is 0 Å². The molecule has 2 rings (SSSR count). The van der Waals surface area contributed by atoms with Gasteiger partial charge in [0.15, 0.2) is 5.78 Å². The third-order valence-corrected chi connectivity index (χ3v) is 4.43. The second-order valence-electron chi connectivity index (χ2n) is 6.14. The fourth-order valence-corrected chi connectivity index (χ4v) is 3.21. The molecule has 1 aromatic heterocycles. The summed E-state index contributed by atoms with van der Waals surface area (Å²) in [4.78, 5) is 19.3. The minimum Gasteiger partial charge on any atom is -0.297 e. The Morgan fingerprint density at radius 2 is 2.16 bits per heavy atom. The van der Waals surface area contributed by atoms with Crippen LogP contribution in [0.15, 0.2) is 18.3 Å². The Morgan fingerprint density at radius 1 is 1.42 bits per heavy atom. The van der Waals surface area contributed by atoms with Crippen molar-refractivity contribution in [1.82, 2.24) is 9.88 Å². The van der Waals surface area contributed by atoms with Crippen molar-refractivity contribution < 1.29 is 4.79 Å². The van der Waals surface area contributed by atoms with E-state index in [9.17, 15) is 4.79 Å². The molecule has 1 heterocycles. The zero-order chi connectivity index (χ0) is 14.0. The van der Waals surface area contributed by atoms with Crippen LogP contribution in [0, 0.1) is 12.8 Å². The lowest BCUT2D eigenvalue weighted by Gasteiger charge is -2.43. The van der Waals surface area contributed by atoms with Gasteiger partial charge in [-0.05, 0) is 51.9 Å². The van der Waals surface area contributed by atoms with Crippen molar-refractivity contribution in [3.8, 4) is 0 Å². The third-order valence-electron chi connectivity index (χ3n) is 4.43. The molecular weight excluding hydrogens is 236 g/mol. The highest BCUT2D eigenvalue weighted by Gasteiger charge is 2.43. The molecule has 0 saturated heterocycles. The van der Waals surface area contributed by atoms with E-state index >= 15 is 0 Å². The number of hydrogen-bond donors (Lipinski definition) is 0. The number of nitrogens with zero attached hydrogens (tertiary/aromatic N) is 2. The molecule has 2 atom stereocenters. The Labute approximate surface area is 116 Å². The van der Waals surface area contributed by atoms with Gasteiger partial charge in [-0.25, -0.2) is 0 Å². The summed E-state index contributed by atoms with van der Waals surface area (Å²) in [6.07, 6.45) is 5.99. The van der Waals surface area contributed by atoms with Crippen LogP contribution in [0.3, 0.4) is 0 Å². The molecule has 3 heteroatoms. The van der Waals surface area contributed by atoms with Crippen molar-refractivity contribution in [2.75, 3.05) is 14.1 Å². The van der Waals surface area contributed by atoms with E-state index in [1.807, 2.05) is 33.2 Å². The van der Waals surface area contributed by atoms with Crippen LogP contribution in [0.4, 0.5) is 0 Å². The van der Waals surface area contributed by atoms with Crippen molar-refractivity contribution >= 4 is 5.78 Å². The monoisotopic (exact) mass is 260 g/mol. The number of rotatable bonds is 3. The summed E-state index contributed by atoms with van der Waals surface area (Å²) in [5.74, 6) is 0.843. The number of ketones is 1. The van der Waals surface area contributed by atoms with E-state index in [-0.39, 0.29) is 11.3 Å². The van der Waals surface area contributed by atoms with Crippen LogP contribution >= 0.6 is 0 Å². The molecule has 0 N–H and O–H groups in total. The van der Waals surface area contributed by atoms with Crippen LogP contribution in [0.5, 0.6) is 0 Å². The number of aryl methyl sites for hydroxylation is 1. The van der Waals surface area contributed by atoms with E-state index < -0.39 is 0 Å². The summed E-state index contributed by atoms with van der Waals surface area (Å²) >= 11 is 0. The van der Waals surface area contributed by atoms with Gasteiger partial charge in [0.2, 0.25) is 0 Å². The fourth-order valence-electron chi connectivity index (χ4n) is 3.21. The summed E-state index contributed by atoms with van der Waals surface area (Å²) in [6.45, 7) is 4.19. The predicted octanol–water partition coefficient (Wildman–Crippen LogP) is 3.08. The normalized spacial score (nSPS) is 27.5. The van der Waals surface area contributed by atoms with Crippen LogP contribution in [0.1, 0.15) is 48.7 Å². The van der Waals surface area contributed by atoms with Crippen molar-refractivity contribution in [2.24, 2.45) is 5.92 Å². The molecule has 0 radical (unpaired) electrons. The molecule has 1 aliphatic carbocycles. The lowest BCUT2D eigenvalue weighted by molar-refractivity contribution is 0.0486. The molecular formula is C16H24N2O. The number of carbonyl (C=O) groups excluding carboxylic acids is 1. The molecule has 104 valence electrons. The van der Waals surface area contributed by atoms with E-state index in [1.165, 1.54) is 6.42 Å². The Morgan fingerprint density at radius 3 is 2.68 bits per heavy atom. The first-order chi connectivity index (χ1) is 8.95. The minimum atomic E-state index is -0.339. The summed E-state index contributed by atoms with van der Waals surface area (Å²) in [5, 5.41) is 0. The maximum Gasteiger partial charge on any atom is 0.184 e. The van der Waals surface area contributed by atoms with Crippen LogP contribution < -0.4 is 0 Å². The van der Waals surface area contributed by atoms with Gasteiger partial charge in [0.25, 0.3) is 0 Å². The average molecular weight is 260 g/mol.